The zero-order valence-electron chi connectivity index (χ0n) is 17.5. The minimum atomic E-state index is -0.340. The molecule has 1 aliphatic carbocycles. The van der Waals surface area contributed by atoms with Gasteiger partial charge in [-0.2, -0.15) is 0 Å². The lowest BCUT2D eigenvalue weighted by Crippen LogP contribution is -2.25. The molecule has 2 aromatic heterocycles. The van der Waals surface area contributed by atoms with Crippen molar-refractivity contribution in [3.05, 3.63) is 76.3 Å². The summed E-state index contributed by atoms with van der Waals surface area (Å²) in [5.41, 5.74) is 2.33. The lowest BCUT2D eigenvalue weighted by Gasteiger charge is -2.15. The molecular weight excluding hydrogens is 474 g/mol. The molecule has 2 amide bonds. The fourth-order valence-electron chi connectivity index (χ4n) is 3.61. The van der Waals surface area contributed by atoms with E-state index in [1.807, 2.05) is 24.3 Å². The largest absolute Gasteiger partial charge is 0.474 e. The number of anilines is 1. The molecule has 32 heavy (non-hydrogen) atoms. The number of furan rings is 1. The van der Waals surface area contributed by atoms with Gasteiger partial charge in [-0.05, 0) is 77.5 Å². The zero-order valence-corrected chi connectivity index (χ0v) is 19.1. The van der Waals surface area contributed by atoms with Crippen LogP contribution in [-0.2, 0) is 17.8 Å². The summed E-state index contributed by atoms with van der Waals surface area (Å²) in [6.45, 7) is 0.363. The number of carbonyl (C=O) groups excluding carboxylic acids is 2. The van der Waals surface area contributed by atoms with Crippen molar-refractivity contribution in [2.24, 2.45) is 0 Å². The Balaban J connectivity index is 1.28. The second-order valence-electron chi connectivity index (χ2n) is 7.70. The van der Waals surface area contributed by atoms with Gasteiger partial charge in [-0.25, -0.2) is 4.98 Å². The molecule has 4 rings (SSSR count). The second-order valence-corrected chi connectivity index (χ2v) is 8.48. The maximum Gasteiger partial charge on any atom is 0.291 e. The molecule has 166 valence electrons. The van der Waals surface area contributed by atoms with E-state index in [0.29, 0.717) is 22.8 Å². The third kappa shape index (κ3) is 5.97. The molecule has 1 aliphatic rings. The van der Waals surface area contributed by atoms with Crippen LogP contribution < -0.4 is 15.4 Å². The predicted molar refractivity (Wildman–Crippen MR) is 123 cm³/mol. The molecular formula is C24H24BrN3O4. The van der Waals surface area contributed by atoms with E-state index in [1.165, 1.54) is 12.8 Å². The maximum atomic E-state index is 12.4. The molecule has 2 heterocycles. The van der Waals surface area contributed by atoms with Crippen LogP contribution in [0.2, 0.25) is 0 Å². The zero-order chi connectivity index (χ0) is 22.3. The fraction of sp³-hybridized carbons (Fsp3) is 0.292. The smallest absolute Gasteiger partial charge is 0.291 e. The maximum absolute atomic E-state index is 12.4. The Hall–Kier alpha value is -3.13. The number of amides is 2. The van der Waals surface area contributed by atoms with Gasteiger partial charge in [0.05, 0.1) is 6.42 Å². The van der Waals surface area contributed by atoms with Gasteiger partial charge < -0.3 is 19.8 Å². The Morgan fingerprint density at radius 1 is 1.09 bits per heavy atom. The minimum Gasteiger partial charge on any atom is -0.474 e. The van der Waals surface area contributed by atoms with Gasteiger partial charge in [0, 0.05) is 24.0 Å². The van der Waals surface area contributed by atoms with E-state index < -0.39 is 0 Å². The van der Waals surface area contributed by atoms with Gasteiger partial charge in [0.15, 0.2) is 10.4 Å². The number of benzene rings is 1. The van der Waals surface area contributed by atoms with Crippen LogP contribution in [-0.4, -0.2) is 22.9 Å². The Morgan fingerprint density at radius 2 is 1.88 bits per heavy atom. The van der Waals surface area contributed by atoms with Crippen LogP contribution in [0.5, 0.6) is 5.88 Å². The quantitative estimate of drug-likeness (QED) is 0.462. The van der Waals surface area contributed by atoms with Crippen molar-refractivity contribution in [1.82, 2.24) is 10.3 Å². The molecule has 1 saturated carbocycles. The van der Waals surface area contributed by atoms with E-state index in [1.54, 1.807) is 30.5 Å². The number of hydrogen-bond donors (Lipinski definition) is 2. The van der Waals surface area contributed by atoms with Crippen LogP contribution in [0.25, 0.3) is 0 Å². The summed E-state index contributed by atoms with van der Waals surface area (Å²) in [4.78, 5) is 28.9. The fourth-order valence-corrected chi connectivity index (χ4v) is 3.91. The van der Waals surface area contributed by atoms with E-state index in [9.17, 15) is 9.59 Å². The number of halogens is 1. The number of nitrogens with one attached hydrogen (secondary N) is 2. The van der Waals surface area contributed by atoms with Crippen molar-refractivity contribution in [2.45, 2.75) is 44.8 Å². The lowest BCUT2D eigenvalue weighted by atomic mass is 10.1. The SMILES string of the molecule is O=C(Cc1ccc(NC(=O)c2ccc(Br)o2)cc1)NCc1cccnc1OC1CCCC1. The second kappa shape index (κ2) is 10.5. The number of aromatic nitrogens is 1. The average Bonchev–Trinajstić information content (AvgIpc) is 3.46. The number of pyridine rings is 1. The van der Waals surface area contributed by atoms with Gasteiger partial charge in [0.1, 0.15) is 6.10 Å². The molecule has 0 saturated heterocycles. The van der Waals surface area contributed by atoms with Crippen LogP contribution in [0.4, 0.5) is 5.69 Å². The summed E-state index contributed by atoms with van der Waals surface area (Å²) in [7, 11) is 0. The first-order valence-electron chi connectivity index (χ1n) is 10.6. The molecule has 7 nitrogen and oxygen atoms in total. The van der Waals surface area contributed by atoms with Crippen molar-refractivity contribution >= 4 is 33.4 Å². The molecule has 0 bridgehead atoms. The highest BCUT2D eigenvalue weighted by molar-refractivity contribution is 9.10. The van der Waals surface area contributed by atoms with Gasteiger partial charge in [0.2, 0.25) is 11.8 Å². The molecule has 2 N–H and O–H groups in total. The van der Waals surface area contributed by atoms with Crippen molar-refractivity contribution in [3.63, 3.8) is 0 Å². The van der Waals surface area contributed by atoms with Crippen LogP contribution in [0, 0.1) is 0 Å². The van der Waals surface area contributed by atoms with E-state index in [0.717, 1.165) is 24.0 Å². The normalized spacial score (nSPS) is 13.7. The van der Waals surface area contributed by atoms with Crippen LogP contribution >= 0.6 is 15.9 Å². The number of nitrogens with zero attached hydrogens (tertiary/aromatic N) is 1. The summed E-state index contributed by atoms with van der Waals surface area (Å²) in [5.74, 6) is 0.376. The first-order chi connectivity index (χ1) is 15.6. The van der Waals surface area contributed by atoms with Gasteiger partial charge in [-0.15, -0.1) is 0 Å². The topological polar surface area (TPSA) is 93.5 Å². The molecule has 0 aliphatic heterocycles. The molecule has 3 aromatic rings. The van der Waals surface area contributed by atoms with E-state index in [2.05, 4.69) is 31.5 Å². The number of ether oxygens (including phenoxy) is 1. The van der Waals surface area contributed by atoms with Crippen molar-refractivity contribution in [3.8, 4) is 5.88 Å². The number of hydrogen-bond acceptors (Lipinski definition) is 5. The Kier molecular flexibility index (Phi) is 7.21. The molecule has 1 fully saturated rings. The summed E-state index contributed by atoms with van der Waals surface area (Å²) >= 11 is 3.17. The summed E-state index contributed by atoms with van der Waals surface area (Å²) in [6.07, 6.45) is 6.64. The lowest BCUT2D eigenvalue weighted by molar-refractivity contribution is -0.120. The highest BCUT2D eigenvalue weighted by Crippen LogP contribution is 2.25. The third-order valence-electron chi connectivity index (χ3n) is 5.28. The van der Waals surface area contributed by atoms with Crippen LogP contribution in [0.3, 0.4) is 0 Å². The van der Waals surface area contributed by atoms with E-state index >= 15 is 0 Å². The van der Waals surface area contributed by atoms with E-state index in [-0.39, 0.29) is 30.1 Å². The van der Waals surface area contributed by atoms with Crippen molar-refractivity contribution in [1.29, 1.82) is 0 Å². The Bertz CT molecular complexity index is 1070. The summed E-state index contributed by atoms with van der Waals surface area (Å²) in [6, 6.07) is 14.2. The molecule has 0 spiro atoms. The van der Waals surface area contributed by atoms with E-state index in [4.69, 9.17) is 9.15 Å². The van der Waals surface area contributed by atoms with Crippen LogP contribution in [0.15, 0.2) is 63.8 Å². The van der Waals surface area contributed by atoms with Gasteiger partial charge in [0.25, 0.3) is 5.91 Å². The minimum absolute atomic E-state index is 0.0992. The first-order valence-corrected chi connectivity index (χ1v) is 11.4. The van der Waals surface area contributed by atoms with Gasteiger partial charge >= 0.3 is 0 Å². The highest BCUT2D eigenvalue weighted by Gasteiger charge is 2.18. The molecule has 0 atom stereocenters. The molecule has 0 unspecified atom stereocenters. The van der Waals surface area contributed by atoms with Crippen molar-refractivity contribution < 1.29 is 18.7 Å². The number of carbonyl (C=O) groups is 2. The predicted octanol–water partition coefficient (Wildman–Crippen LogP) is 4.87. The van der Waals surface area contributed by atoms with Crippen molar-refractivity contribution in [2.75, 3.05) is 5.32 Å². The summed E-state index contributed by atoms with van der Waals surface area (Å²) < 4.78 is 11.8. The molecule has 1 aromatic carbocycles. The molecule has 0 radical (unpaired) electrons. The Morgan fingerprint density at radius 3 is 2.59 bits per heavy atom. The number of rotatable bonds is 8. The average molecular weight is 498 g/mol. The Labute approximate surface area is 194 Å². The van der Waals surface area contributed by atoms with Gasteiger partial charge in [-0.3, -0.25) is 9.59 Å². The highest BCUT2D eigenvalue weighted by atomic mass is 79.9. The van der Waals surface area contributed by atoms with Crippen LogP contribution in [0.1, 0.15) is 47.4 Å². The molecule has 8 heteroatoms. The van der Waals surface area contributed by atoms with Gasteiger partial charge in [-0.1, -0.05) is 18.2 Å². The summed E-state index contributed by atoms with van der Waals surface area (Å²) in [5, 5.41) is 5.70. The monoisotopic (exact) mass is 497 g/mol. The standard InChI is InChI=1S/C24H24BrN3O4/c25-21-12-11-20(32-21)23(30)28-18-9-7-16(8-10-18)14-22(29)27-15-17-4-3-13-26-24(17)31-19-5-1-2-6-19/h3-4,7-13,19H,1-2,5-6,14-15H2,(H,27,29)(H,28,30). The third-order valence-corrected chi connectivity index (χ3v) is 5.71. The first kappa shape index (κ1) is 22.1.